The summed E-state index contributed by atoms with van der Waals surface area (Å²) < 4.78 is 12.1. The molecule has 0 bridgehead atoms. The van der Waals surface area contributed by atoms with Crippen LogP contribution in [-0.4, -0.2) is 13.0 Å². The van der Waals surface area contributed by atoms with Crippen molar-refractivity contribution in [2.75, 3.05) is 7.11 Å². The Hall–Kier alpha value is -2.53. The second-order valence-electron chi connectivity index (χ2n) is 5.35. The van der Waals surface area contributed by atoms with Crippen LogP contribution in [0, 0.1) is 21.8 Å². The lowest BCUT2D eigenvalue weighted by Gasteiger charge is -2.14. The van der Waals surface area contributed by atoms with Crippen LogP contribution in [0.1, 0.15) is 16.7 Å². The first kappa shape index (κ1) is 18.8. The summed E-state index contributed by atoms with van der Waals surface area (Å²) in [7, 11) is 1.54. The van der Waals surface area contributed by atoms with Crippen LogP contribution in [0.4, 0.5) is 0 Å². The fraction of sp³-hybridized carbons (Fsp3) is 0.158. The van der Waals surface area contributed by atoms with Crippen LogP contribution >= 0.6 is 22.6 Å². The number of hydrogen-bond donors (Lipinski definition) is 1. The van der Waals surface area contributed by atoms with Crippen molar-refractivity contribution in [3.8, 4) is 17.6 Å². The van der Waals surface area contributed by atoms with Gasteiger partial charge in [-0.3, -0.25) is 4.79 Å². The molecule has 0 fully saturated rings. The van der Waals surface area contributed by atoms with Gasteiger partial charge < -0.3 is 15.2 Å². The number of halogens is 1. The minimum absolute atomic E-state index is 0.119. The van der Waals surface area contributed by atoms with E-state index < -0.39 is 5.91 Å². The Kier molecular flexibility index (Phi) is 6.42. The fourth-order valence-corrected chi connectivity index (χ4v) is 3.03. The second-order valence-corrected chi connectivity index (χ2v) is 6.51. The van der Waals surface area contributed by atoms with Gasteiger partial charge in [-0.2, -0.15) is 5.26 Å². The van der Waals surface area contributed by atoms with Gasteiger partial charge in [0.15, 0.2) is 11.5 Å². The molecule has 0 saturated carbocycles. The highest BCUT2D eigenvalue weighted by molar-refractivity contribution is 14.1. The average Bonchev–Trinajstić information content (AvgIpc) is 2.58. The number of rotatable bonds is 6. The first-order valence-corrected chi connectivity index (χ1v) is 8.50. The molecule has 2 aromatic rings. The van der Waals surface area contributed by atoms with Crippen molar-refractivity contribution >= 4 is 34.6 Å². The second kappa shape index (κ2) is 8.53. The summed E-state index contributed by atoms with van der Waals surface area (Å²) in [6.45, 7) is 2.44. The molecule has 5 nitrogen and oxygen atoms in total. The number of aryl methyl sites for hydroxylation is 1. The molecule has 2 aromatic carbocycles. The molecule has 0 unspecified atom stereocenters. The van der Waals surface area contributed by atoms with Gasteiger partial charge in [-0.05, 0) is 58.9 Å². The van der Waals surface area contributed by atoms with Crippen LogP contribution in [0.15, 0.2) is 42.0 Å². The zero-order chi connectivity index (χ0) is 18.4. The summed E-state index contributed by atoms with van der Waals surface area (Å²) in [5, 5.41) is 8.96. The first-order chi connectivity index (χ1) is 11.9. The van der Waals surface area contributed by atoms with Crippen molar-refractivity contribution in [1.82, 2.24) is 0 Å². The Morgan fingerprint density at radius 2 is 2.12 bits per heavy atom. The molecular weight excluding hydrogens is 431 g/mol. The van der Waals surface area contributed by atoms with E-state index in [1.165, 1.54) is 18.7 Å². The summed E-state index contributed by atoms with van der Waals surface area (Å²) in [5.74, 6) is 0.364. The normalized spacial score (nSPS) is 10.9. The number of nitrogens with zero attached hydrogens (tertiary/aromatic N) is 1. The molecular formula is C19H17IN2O3. The number of methoxy groups -OCH3 is 1. The zero-order valence-corrected chi connectivity index (χ0v) is 16.0. The summed E-state index contributed by atoms with van der Waals surface area (Å²) in [5.41, 5.74) is 7.91. The summed E-state index contributed by atoms with van der Waals surface area (Å²) in [6, 6.07) is 13.4. The number of hydrogen-bond acceptors (Lipinski definition) is 4. The number of nitriles is 1. The molecule has 0 aliphatic rings. The third-order valence-corrected chi connectivity index (χ3v) is 4.22. The highest BCUT2D eigenvalue weighted by Crippen LogP contribution is 2.35. The van der Waals surface area contributed by atoms with Crippen LogP contribution in [0.2, 0.25) is 0 Å². The molecule has 0 saturated heterocycles. The number of ether oxygens (including phenoxy) is 2. The maximum absolute atomic E-state index is 11.2. The van der Waals surface area contributed by atoms with Gasteiger partial charge in [-0.15, -0.1) is 0 Å². The van der Waals surface area contributed by atoms with Gasteiger partial charge in [0.2, 0.25) is 0 Å². The van der Waals surface area contributed by atoms with Crippen molar-refractivity contribution in [3.05, 3.63) is 62.2 Å². The lowest BCUT2D eigenvalue weighted by molar-refractivity contribution is -0.114. The van der Waals surface area contributed by atoms with E-state index in [9.17, 15) is 4.79 Å². The molecule has 25 heavy (non-hydrogen) atoms. The highest BCUT2D eigenvalue weighted by atomic mass is 127. The number of benzene rings is 2. The quantitative estimate of drug-likeness (QED) is 0.416. The van der Waals surface area contributed by atoms with Crippen molar-refractivity contribution < 1.29 is 14.3 Å². The zero-order valence-electron chi connectivity index (χ0n) is 13.9. The molecule has 0 aliphatic heterocycles. The number of nitrogens with two attached hydrogens (primary N) is 1. The third kappa shape index (κ3) is 4.97. The van der Waals surface area contributed by atoms with E-state index in [2.05, 4.69) is 28.7 Å². The standard InChI is InChI=1S/C19H17IN2O3/c1-12-4-3-5-13(6-12)11-25-18-16(20)8-14(9-17(18)24-2)7-15(10-21)19(22)23/h3-9H,11H2,1-2H3,(H2,22,23)/b15-7+. The predicted molar refractivity (Wildman–Crippen MR) is 104 cm³/mol. The molecule has 0 heterocycles. The van der Waals surface area contributed by atoms with Crippen LogP contribution < -0.4 is 15.2 Å². The van der Waals surface area contributed by atoms with Gasteiger partial charge in [-0.1, -0.05) is 29.8 Å². The van der Waals surface area contributed by atoms with E-state index >= 15 is 0 Å². The Morgan fingerprint density at radius 1 is 1.36 bits per heavy atom. The average molecular weight is 448 g/mol. The van der Waals surface area contributed by atoms with E-state index in [-0.39, 0.29) is 5.57 Å². The van der Waals surface area contributed by atoms with Crippen molar-refractivity contribution in [2.24, 2.45) is 5.73 Å². The third-order valence-electron chi connectivity index (χ3n) is 3.41. The Labute approximate surface area is 160 Å². The SMILES string of the molecule is COc1cc(/C=C(\C#N)C(N)=O)cc(I)c1OCc1cccc(C)c1. The summed E-state index contributed by atoms with van der Waals surface area (Å²) >= 11 is 2.13. The highest BCUT2D eigenvalue weighted by Gasteiger charge is 2.13. The van der Waals surface area contributed by atoms with Gasteiger partial charge in [0.05, 0.1) is 10.7 Å². The van der Waals surface area contributed by atoms with E-state index in [4.69, 9.17) is 20.5 Å². The van der Waals surface area contributed by atoms with Crippen molar-refractivity contribution in [3.63, 3.8) is 0 Å². The number of primary amides is 1. The van der Waals surface area contributed by atoms with Gasteiger partial charge in [-0.25, -0.2) is 0 Å². The lowest BCUT2D eigenvalue weighted by Crippen LogP contribution is -2.12. The Morgan fingerprint density at radius 3 is 2.72 bits per heavy atom. The van der Waals surface area contributed by atoms with Crippen molar-refractivity contribution in [2.45, 2.75) is 13.5 Å². The smallest absolute Gasteiger partial charge is 0.259 e. The van der Waals surface area contributed by atoms with Crippen molar-refractivity contribution in [1.29, 1.82) is 5.26 Å². The van der Waals surface area contributed by atoms with Gasteiger partial charge in [0.1, 0.15) is 18.2 Å². The van der Waals surface area contributed by atoms with Gasteiger partial charge >= 0.3 is 0 Å². The molecule has 2 N–H and O–H groups in total. The Bertz CT molecular complexity index is 869. The summed E-state index contributed by atoms with van der Waals surface area (Å²) in [4.78, 5) is 11.2. The first-order valence-electron chi connectivity index (χ1n) is 7.42. The molecule has 0 aromatic heterocycles. The van der Waals surface area contributed by atoms with E-state index in [0.717, 1.165) is 9.13 Å². The number of carbonyl (C=O) groups excluding carboxylic acids is 1. The Balaban J connectivity index is 2.31. The monoisotopic (exact) mass is 448 g/mol. The van der Waals surface area contributed by atoms with Crippen LogP contribution in [0.5, 0.6) is 11.5 Å². The number of carbonyl (C=O) groups is 1. The minimum Gasteiger partial charge on any atom is -0.493 e. The molecule has 0 atom stereocenters. The topological polar surface area (TPSA) is 85.3 Å². The number of amides is 1. The summed E-state index contributed by atoms with van der Waals surface area (Å²) in [6.07, 6.45) is 1.43. The molecule has 0 spiro atoms. The largest absolute Gasteiger partial charge is 0.493 e. The molecule has 1 amide bonds. The van der Waals surface area contributed by atoms with Gasteiger partial charge in [0.25, 0.3) is 5.91 Å². The van der Waals surface area contributed by atoms with Crippen LogP contribution in [0.25, 0.3) is 6.08 Å². The molecule has 0 aliphatic carbocycles. The lowest BCUT2D eigenvalue weighted by atomic mass is 10.1. The molecule has 128 valence electrons. The van der Waals surface area contributed by atoms with E-state index in [0.29, 0.717) is 23.7 Å². The molecule has 0 radical (unpaired) electrons. The minimum atomic E-state index is -0.767. The molecule has 6 heteroatoms. The predicted octanol–water partition coefficient (Wildman–Crippen LogP) is 3.58. The maximum Gasteiger partial charge on any atom is 0.259 e. The van der Waals surface area contributed by atoms with Crippen LogP contribution in [0.3, 0.4) is 0 Å². The van der Waals surface area contributed by atoms with E-state index in [1.807, 2.05) is 25.1 Å². The van der Waals surface area contributed by atoms with Crippen LogP contribution in [-0.2, 0) is 11.4 Å². The fourth-order valence-electron chi connectivity index (χ4n) is 2.25. The molecule has 2 rings (SSSR count). The van der Waals surface area contributed by atoms with Gasteiger partial charge in [0, 0.05) is 0 Å². The van der Waals surface area contributed by atoms with E-state index in [1.54, 1.807) is 18.2 Å². The maximum atomic E-state index is 11.2.